The van der Waals surface area contributed by atoms with Gasteiger partial charge in [-0.3, -0.25) is 0 Å². The van der Waals surface area contributed by atoms with Crippen molar-refractivity contribution in [2.75, 3.05) is 0 Å². The van der Waals surface area contributed by atoms with Crippen molar-refractivity contribution in [2.45, 2.75) is 0 Å². The van der Waals surface area contributed by atoms with Gasteiger partial charge in [0, 0.05) is 16.7 Å². The Morgan fingerprint density at radius 1 is 0.240 bits per heavy atom. The van der Waals surface area contributed by atoms with Gasteiger partial charge in [0.15, 0.2) is 17.5 Å². The first-order chi connectivity index (χ1) is 24.8. The molecule has 3 heteroatoms. The summed E-state index contributed by atoms with van der Waals surface area (Å²) < 4.78 is 0. The molecule has 9 rings (SSSR count). The minimum absolute atomic E-state index is 0.639. The fourth-order valence-electron chi connectivity index (χ4n) is 6.79. The summed E-state index contributed by atoms with van der Waals surface area (Å²) in [5.41, 5.74) is 9.91. The highest BCUT2D eigenvalue weighted by Gasteiger charge is 2.16. The van der Waals surface area contributed by atoms with E-state index in [0.717, 1.165) is 38.6 Å². The molecule has 0 saturated carbocycles. The summed E-state index contributed by atoms with van der Waals surface area (Å²) >= 11 is 0. The molecule has 9 aromatic rings. The molecular weight excluding hydrogens is 607 g/mol. The van der Waals surface area contributed by atoms with Crippen LogP contribution in [0.4, 0.5) is 0 Å². The molecule has 0 N–H and O–H groups in total. The molecule has 0 radical (unpaired) electrons. The van der Waals surface area contributed by atoms with Crippen molar-refractivity contribution in [2.24, 2.45) is 0 Å². The number of rotatable bonds is 6. The number of hydrogen-bond donors (Lipinski definition) is 0. The van der Waals surface area contributed by atoms with Crippen molar-refractivity contribution in [3.05, 3.63) is 188 Å². The summed E-state index contributed by atoms with van der Waals surface area (Å²) in [4.78, 5) is 15.3. The van der Waals surface area contributed by atoms with Crippen LogP contribution in [0.25, 0.3) is 89.1 Å². The van der Waals surface area contributed by atoms with E-state index in [2.05, 4.69) is 152 Å². The van der Waals surface area contributed by atoms with E-state index in [0.29, 0.717) is 17.5 Å². The third kappa shape index (κ3) is 5.61. The molecule has 0 spiro atoms. The molecule has 0 saturated heterocycles. The van der Waals surface area contributed by atoms with Crippen LogP contribution in [0.3, 0.4) is 0 Å². The third-order valence-corrected chi connectivity index (χ3v) is 9.32. The smallest absolute Gasteiger partial charge is 0.164 e. The Hall–Kier alpha value is -6.71. The molecule has 234 valence electrons. The fraction of sp³-hybridized carbons (Fsp3) is 0. The van der Waals surface area contributed by atoms with Gasteiger partial charge in [0.2, 0.25) is 0 Å². The lowest BCUT2D eigenvalue weighted by Gasteiger charge is -2.13. The molecule has 0 amide bonds. The Labute approximate surface area is 291 Å². The average molecular weight is 638 g/mol. The zero-order valence-corrected chi connectivity index (χ0v) is 27.2. The Bertz CT molecular complexity index is 2630. The molecule has 50 heavy (non-hydrogen) atoms. The fourth-order valence-corrected chi connectivity index (χ4v) is 6.79. The molecule has 0 aliphatic carbocycles. The molecular formula is C47H31N3. The number of aromatic nitrogens is 3. The minimum atomic E-state index is 0.639. The summed E-state index contributed by atoms with van der Waals surface area (Å²) in [6.45, 7) is 0. The second kappa shape index (κ2) is 12.7. The van der Waals surface area contributed by atoms with Crippen molar-refractivity contribution in [1.82, 2.24) is 15.0 Å². The zero-order valence-electron chi connectivity index (χ0n) is 27.2. The van der Waals surface area contributed by atoms with E-state index in [1.165, 1.54) is 33.0 Å². The van der Waals surface area contributed by atoms with Crippen LogP contribution in [-0.4, -0.2) is 15.0 Å². The van der Waals surface area contributed by atoms with Crippen LogP contribution < -0.4 is 0 Å². The molecule has 0 bridgehead atoms. The highest BCUT2D eigenvalue weighted by atomic mass is 15.0. The van der Waals surface area contributed by atoms with Crippen LogP contribution in [-0.2, 0) is 0 Å². The number of fused-ring (bicyclic) bond motifs is 2. The standard InChI is InChI=1S/C47H31N3/c1-4-13-32(14-5-1)36-25-26-39-30-37(27-28-38(39)29-36)35-19-10-20-40(31-35)46-48-45(34-17-8-3-9-18-34)49-47(50-46)44-24-12-22-42-41(21-11-23-43(42)44)33-15-6-2-7-16-33/h1-31H. The Morgan fingerprint density at radius 3 is 1.34 bits per heavy atom. The second-order valence-corrected chi connectivity index (χ2v) is 12.5. The molecule has 0 atom stereocenters. The molecule has 0 unspecified atom stereocenters. The SMILES string of the molecule is c1ccc(-c2ccc3cc(-c4cccc(-c5nc(-c6ccccc6)nc(-c6cccc7c(-c8ccccc8)cccc67)n5)c4)ccc3c2)cc1. The van der Waals surface area contributed by atoms with Crippen LogP contribution in [0, 0.1) is 0 Å². The first-order valence-electron chi connectivity index (χ1n) is 16.9. The topological polar surface area (TPSA) is 38.7 Å². The van der Waals surface area contributed by atoms with Gasteiger partial charge in [0.05, 0.1) is 0 Å². The van der Waals surface area contributed by atoms with E-state index in [9.17, 15) is 0 Å². The van der Waals surface area contributed by atoms with E-state index in [-0.39, 0.29) is 0 Å². The largest absolute Gasteiger partial charge is 0.208 e. The van der Waals surface area contributed by atoms with Gasteiger partial charge < -0.3 is 0 Å². The highest BCUT2D eigenvalue weighted by molar-refractivity contribution is 6.03. The van der Waals surface area contributed by atoms with Gasteiger partial charge >= 0.3 is 0 Å². The van der Waals surface area contributed by atoms with Crippen LogP contribution in [0.5, 0.6) is 0 Å². The molecule has 8 aromatic carbocycles. The third-order valence-electron chi connectivity index (χ3n) is 9.32. The maximum atomic E-state index is 5.15. The molecule has 1 heterocycles. The van der Waals surface area contributed by atoms with E-state index >= 15 is 0 Å². The van der Waals surface area contributed by atoms with Gasteiger partial charge in [0.25, 0.3) is 0 Å². The Balaban J connectivity index is 1.15. The first kappa shape index (κ1) is 29.4. The van der Waals surface area contributed by atoms with Crippen LogP contribution in [0.2, 0.25) is 0 Å². The van der Waals surface area contributed by atoms with Crippen LogP contribution in [0.15, 0.2) is 188 Å². The van der Waals surface area contributed by atoms with Gasteiger partial charge in [0.1, 0.15) is 0 Å². The Kier molecular flexibility index (Phi) is 7.49. The van der Waals surface area contributed by atoms with Gasteiger partial charge in [-0.05, 0) is 73.1 Å². The number of benzene rings is 8. The maximum absolute atomic E-state index is 5.15. The zero-order chi connectivity index (χ0) is 33.3. The number of hydrogen-bond acceptors (Lipinski definition) is 3. The van der Waals surface area contributed by atoms with Gasteiger partial charge in [-0.2, -0.15) is 0 Å². The normalized spacial score (nSPS) is 11.2. The van der Waals surface area contributed by atoms with Crippen LogP contribution in [0.1, 0.15) is 0 Å². The Morgan fingerprint density at radius 2 is 0.680 bits per heavy atom. The molecule has 0 aliphatic rings. The quantitative estimate of drug-likeness (QED) is 0.182. The monoisotopic (exact) mass is 637 g/mol. The predicted molar refractivity (Wildman–Crippen MR) is 207 cm³/mol. The molecule has 1 aromatic heterocycles. The maximum Gasteiger partial charge on any atom is 0.164 e. The van der Waals surface area contributed by atoms with Gasteiger partial charge in [-0.15, -0.1) is 0 Å². The van der Waals surface area contributed by atoms with E-state index in [1.54, 1.807) is 0 Å². The summed E-state index contributed by atoms with van der Waals surface area (Å²) in [6, 6.07) is 65.9. The lowest BCUT2D eigenvalue weighted by molar-refractivity contribution is 1.08. The summed E-state index contributed by atoms with van der Waals surface area (Å²) in [7, 11) is 0. The van der Waals surface area contributed by atoms with E-state index in [4.69, 9.17) is 15.0 Å². The van der Waals surface area contributed by atoms with E-state index in [1.807, 2.05) is 36.4 Å². The highest BCUT2D eigenvalue weighted by Crippen LogP contribution is 2.36. The molecule has 3 nitrogen and oxygen atoms in total. The summed E-state index contributed by atoms with van der Waals surface area (Å²) in [5, 5.41) is 4.68. The van der Waals surface area contributed by atoms with Crippen molar-refractivity contribution < 1.29 is 0 Å². The second-order valence-electron chi connectivity index (χ2n) is 12.5. The lowest BCUT2D eigenvalue weighted by atomic mass is 9.95. The molecule has 0 aliphatic heterocycles. The molecule has 0 fully saturated rings. The van der Waals surface area contributed by atoms with Gasteiger partial charge in [-0.25, -0.2) is 15.0 Å². The van der Waals surface area contributed by atoms with E-state index < -0.39 is 0 Å². The minimum Gasteiger partial charge on any atom is -0.208 e. The number of nitrogens with zero attached hydrogens (tertiary/aromatic N) is 3. The summed E-state index contributed by atoms with van der Waals surface area (Å²) in [5.74, 6) is 1.93. The van der Waals surface area contributed by atoms with Crippen molar-refractivity contribution >= 4 is 21.5 Å². The van der Waals surface area contributed by atoms with Crippen molar-refractivity contribution in [3.63, 3.8) is 0 Å². The van der Waals surface area contributed by atoms with Crippen molar-refractivity contribution in [3.8, 4) is 67.5 Å². The van der Waals surface area contributed by atoms with Crippen LogP contribution >= 0.6 is 0 Å². The predicted octanol–water partition coefficient (Wildman–Crippen LogP) is 12.2. The van der Waals surface area contributed by atoms with Gasteiger partial charge in [-0.1, -0.05) is 170 Å². The summed E-state index contributed by atoms with van der Waals surface area (Å²) in [6.07, 6.45) is 0. The first-order valence-corrected chi connectivity index (χ1v) is 16.9. The average Bonchev–Trinajstić information content (AvgIpc) is 3.21. The van der Waals surface area contributed by atoms with Crippen molar-refractivity contribution in [1.29, 1.82) is 0 Å². The lowest BCUT2D eigenvalue weighted by Crippen LogP contribution is -2.00.